The van der Waals surface area contributed by atoms with Gasteiger partial charge in [-0.05, 0) is 33.0 Å². The summed E-state index contributed by atoms with van der Waals surface area (Å²) in [6.07, 6.45) is 0. The Morgan fingerprint density at radius 3 is 2.62 bits per heavy atom. The lowest BCUT2D eigenvalue weighted by Crippen LogP contribution is -2.44. The van der Waals surface area contributed by atoms with Crippen LogP contribution in [-0.4, -0.2) is 63.6 Å². The van der Waals surface area contributed by atoms with Crippen molar-refractivity contribution in [3.8, 4) is 0 Å². The lowest BCUT2D eigenvalue weighted by atomic mass is 10.1. The Kier molecular flexibility index (Phi) is 4.92. The first-order valence-electron chi connectivity index (χ1n) is 9.19. The molecule has 1 fully saturated rings. The van der Waals surface area contributed by atoms with Gasteiger partial charge in [0.15, 0.2) is 0 Å². The molecule has 0 saturated carbocycles. The summed E-state index contributed by atoms with van der Waals surface area (Å²) in [7, 11) is 2.02. The average molecular weight is 415 g/mol. The summed E-state index contributed by atoms with van der Waals surface area (Å²) < 4.78 is 1.68. The van der Waals surface area contributed by atoms with Crippen LogP contribution in [0.2, 0.25) is 0 Å². The standard InChI is InChI=1S/C18H21N7O3S/c1-11-12(2)29-18-20-17(21-24(11)18)19-16(26)13-4-5-14(15(10-13)25(27)28)23-8-6-22(3)7-9-23/h4-5,10H,6-9H2,1-3H3,(H,19,21,26). The second-order valence-electron chi connectivity index (χ2n) is 7.08. The van der Waals surface area contributed by atoms with E-state index in [1.807, 2.05) is 25.8 Å². The smallest absolute Gasteiger partial charge is 0.293 e. The van der Waals surface area contributed by atoms with Crippen molar-refractivity contribution in [1.29, 1.82) is 0 Å². The van der Waals surface area contributed by atoms with Gasteiger partial charge in [-0.3, -0.25) is 20.2 Å². The van der Waals surface area contributed by atoms with E-state index < -0.39 is 10.8 Å². The predicted molar refractivity (Wildman–Crippen MR) is 111 cm³/mol. The topological polar surface area (TPSA) is 109 Å². The molecule has 3 aromatic rings. The monoisotopic (exact) mass is 415 g/mol. The quantitative estimate of drug-likeness (QED) is 0.514. The number of amides is 1. The van der Waals surface area contributed by atoms with Gasteiger partial charge in [0.25, 0.3) is 17.5 Å². The third-order valence-corrected chi connectivity index (χ3v) is 6.20. The molecule has 4 rings (SSSR count). The number of anilines is 2. The van der Waals surface area contributed by atoms with Crippen LogP contribution in [0.5, 0.6) is 0 Å². The zero-order valence-corrected chi connectivity index (χ0v) is 17.2. The highest BCUT2D eigenvalue weighted by molar-refractivity contribution is 7.17. The van der Waals surface area contributed by atoms with Crippen LogP contribution in [0.25, 0.3) is 4.96 Å². The van der Waals surface area contributed by atoms with Crippen LogP contribution in [0, 0.1) is 24.0 Å². The minimum absolute atomic E-state index is 0.0764. The number of nitrogens with one attached hydrogen (secondary N) is 1. The van der Waals surface area contributed by atoms with Crippen molar-refractivity contribution < 1.29 is 9.72 Å². The Morgan fingerprint density at radius 2 is 1.97 bits per heavy atom. The third kappa shape index (κ3) is 3.66. The molecule has 0 radical (unpaired) electrons. The molecule has 1 aromatic carbocycles. The summed E-state index contributed by atoms with van der Waals surface area (Å²) in [5.74, 6) is -0.305. The number of carbonyl (C=O) groups is 1. The van der Waals surface area contributed by atoms with E-state index in [1.165, 1.54) is 17.4 Å². The normalized spacial score (nSPS) is 15.1. The summed E-state index contributed by atoms with van der Waals surface area (Å²) in [6, 6.07) is 4.56. The first-order valence-corrected chi connectivity index (χ1v) is 10.0. The van der Waals surface area contributed by atoms with Gasteiger partial charge in [0, 0.05) is 42.7 Å². The third-order valence-electron chi connectivity index (χ3n) is 5.15. The van der Waals surface area contributed by atoms with Crippen molar-refractivity contribution in [2.24, 2.45) is 0 Å². The van der Waals surface area contributed by atoms with E-state index in [9.17, 15) is 14.9 Å². The summed E-state index contributed by atoms with van der Waals surface area (Å²) in [5, 5.41) is 18.5. The van der Waals surface area contributed by atoms with E-state index >= 15 is 0 Å². The van der Waals surface area contributed by atoms with Gasteiger partial charge in [0.05, 0.1) is 10.6 Å². The summed E-state index contributed by atoms with van der Waals surface area (Å²) in [5.41, 5.74) is 1.62. The van der Waals surface area contributed by atoms with Crippen LogP contribution in [0.4, 0.5) is 17.3 Å². The number of nitrogens with zero attached hydrogens (tertiary/aromatic N) is 6. The van der Waals surface area contributed by atoms with E-state index in [2.05, 4.69) is 20.3 Å². The fourth-order valence-corrected chi connectivity index (χ4v) is 4.20. The van der Waals surface area contributed by atoms with Crippen LogP contribution < -0.4 is 10.2 Å². The molecular formula is C18H21N7O3S. The maximum Gasteiger partial charge on any atom is 0.293 e. The molecule has 29 heavy (non-hydrogen) atoms. The molecule has 1 aliphatic rings. The molecule has 3 heterocycles. The van der Waals surface area contributed by atoms with Crippen molar-refractivity contribution >= 4 is 39.5 Å². The van der Waals surface area contributed by atoms with Crippen LogP contribution in [0.1, 0.15) is 20.9 Å². The second-order valence-corrected chi connectivity index (χ2v) is 8.26. The fraction of sp³-hybridized carbons (Fsp3) is 0.389. The van der Waals surface area contributed by atoms with Gasteiger partial charge in [-0.25, -0.2) is 4.52 Å². The average Bonchev–Trinajstić information content (AvgIpc) is 3.20. The molecule has 1 aliphatic heterocycles. The number of rotatable bonds is 4. The molecule has 0 aliphatic carbocycles. The van der Waals surface area contributed by atoms with Gasteiger partial charge in [-0.2, -0.15) is 4.98 Å². The number of piperazine rings is 1. The van der Waals surface area contributed by atoms with E-state index in [0.29, 0.717) is 23.7 Å². The maximum absolute atomic E-state index is 12.6. The second kappa shape index (κ2) is 7.41. The zero-order valence-electron chi connectivity index (χ0n) is 16.4. The van der Waals surface area contributed by atoms with Crippen LogP contribution in [0.15, 0.2) is 18.2 Å². The van der Waals surface area contributed by atoms with Crippen LogP contribution in [-0.2, 0) is 0 Å². The van der Waals surface area contributed by atoms with Gasteiger partial charge in [-0.1, -0.05) is 11.3 Å². The van der Waals surface area contributed by atoms with Gasteiger partial charge < -0.3 is 9.80 Å². The van der Waals surface area contributed by atoms with Gasteiger partial charge in [0.2, 0.25) is 4.96 Å². The fourth-order valence-electron chi connectivity index (χ4n) is 3.29. The van der Waals surface area contributed by atoms with Crippen LogP contribution in [0.3, 0.4) is 0 Å². The number of hydrogen-bond donors (Lipinski definition) is 1. The van der Waals surface area contributed by atoms with Gasteiger partial charge >= 0.3 is 0 Å². The summed E-state index contributed by atoms with van der Waals surface area (Å²) >= 11 is 1.49. The first kappa shape index (κ1) is 19.3. The number of carbonyl (C=O) groups excluding carboxylic acids is 1. The van der Waals surface area contributed by atoms with Crippen molar-refractivity contribution in [1.82, 2.24) is 19.5 Å². The molecule has 0 bridgehead atoms. The molecule has 11 heteroatoms. The molecule has 1 amide bonds. The van der Waals surface area contributed by atoms with Crippen LogP contribution >= 0.6 is 11.3 Å². The number of nitro groups is 1. The van der Waals surface area contributed by atoms with Crippen molar-refractivity contribution in [2.75, 3.05) is 43.4 Å². The lowest BCUT2D eigenvalue weighted by molar-refractivity contribution is -0.384. The Bertz CT molecular complexity index is 1100. The molecule has 152 valence electrons. The molecular weight excluding hydrogens is 394 g/mol. The molecule has 0 atom stereocenters. The molecule has 0 unspecified atom stereocenters. The molecule has 1 saturated heterocycles. The van der Waals surface area contributed by atoms with Gasteiger partial charge in [0.1, 0.15) is 5.69 Å². The SMILES string of the molecule is Cc1sc2nc(NC(=O)c3ccc(N4CCN(C)CC4)c([N+](=O)[O-])c3)nn2c1C. The predicted octanol–water partition coefficient (Wildman–Crippen LogP) is 2.32. The van der Waals surface area contributed by atoms with Crippen molar-refractivity contribution in [3.63, 3.8) is 0 Å². The number of thiazole rings is 1. The molecule has 10 nitrogen and oxygen atoms in total. The Balaban J connectivity index is 1.57. The number of benzene rings is 1. The zero-order chi connectivity index (χ0) is 20.7. The number of aryl methyl sites for hydroxylation is 2. The van der Waals surface area contributed by atoms with Crippen molar-refractivity contribution in [3.05, 3.63) is 44.4 Å². The van der Waals surface area contributed by atoms with Gasteiger partial charge in [-0.15, -0.1) is 5.10 Å². The Hall–Kier alpha value is -3.05. The number of nitro benzene ring substituents is 1. The Morgan fingerprint density at radius 1 is 1.24 bits per heavy atom. The lowest BCUT2D eigenvalue weighted by Gasteiger charge is -2.33. The largest absolute Gasteiger partial charge is 0.363 e. The number of likely N-dealkylation sites (N-methyl/N-ethyl adjacent to an activating group) is 1. The van der Waals surface area contributed by atoms with E-state index in [1.54, 1.807) is 16.6 Å². The molecule has 0 spiro atoms. The molecule has 1 N–H and O–H groups in total. The van der Waals surface area contributed by atoms with E-state index in [4.69, 9.17) is 0 Å². The highest BCUT2D eigenvalue weighted by Crippen LogP contribution is 2.30. The highest BCUT2D eigenvalue weighted by Gasteiger charge is 2.24. The van der Waals surface area contributed by atoms with E-state index in [-0.39, 0.29) is 17.2 Å². The molecule has 2 aromatic heterocycles. The minimum Gasteiger partial charge on any atom is -0.363 e. The minimum atomic E-state index is -0.481. The first-order chi connectivity index (χ1) is 13.8. The van der Waals surface area contributed by atoms with E-state index in [0.717, 1.165) is 23.7 Å². The summed E-state index contributed by atoms with van der Waals surface area (Å²) in [6.45, 7) is 6.99. The van der Waals surface area contributed by atoms with Crippen molar-refractivity contribution in [2.45, 2.75) is 13.8 Å². The number of hydrogen-bond acceptors (Lipinski definition) is 8. The number of fused-ring (bicyclic) bond motifs is 1. The summed E-state index contributed by atoms with van der Waals surface area (Å²) in [4.78, 5) is 34.1. The highest BCUT2D eigenvalue weighted by atomic mass is 32.1. The Labute approximate surface area is 170 Å². The maximum atomic E-state index is 12.6. The number of aromatic nitrogens is 3.